The van der Waals surface area contributed by atoms with Gasteiger partial charge in [-0.05, 0) is 81.7 Å². The van der Waals surface area contributed by atoms with Crippen molar-refractivity contribution in [1.29, 1.82) is 0 Å². The van der Waals surface area contributed by atoms with Gasteiger partial charge in [0.2, 0.25) is 0 Å². The molecule has 0 bridgehead atoms. The Morgan fingerprint density at radius 3 is 2.69 bits per heavy atom. The molecule has 1 aromatic carbocycles. The van der Waals surface area contributed by atoms with Gasteiger partial charge in [0.15, 0.2) is 0 Å². The van der Waals surface area contributed by atoms with Crippen LogP contribution in [0.25, 0.3) is 0 Å². The maximum atomic E-state index is 12.3. The zero-order valence-electron chi connectivity index (χ0n) is 18.1. The van der Waals surface area contributed by atoms with Gasteiger partial charge in [-0.15, -0.1) is 0 Å². The molecular weight excluding hydrogens is 366 g/mol. The number of urea groups is 1. The molecule has 0 radical (unpaired) electrons. The van der Waals surface area contributed by atoms with E-state index < -0.39 is 17.0 Å². The third-order valence-electron chi connectivity index (χ3n) is 7.30. The zero-order chi connectivity index (χ0) is 21.2. The first kappa shape index (κ1) is 21.9. The van der Waals surface area contributed by atoms with E-state index in [2.05, 4.69) is 24.1 Å². The van der Waals surface area contributed by atoms with Crippen molar-refractivity contribution in [3.05, 3.63) is 29.3 Å². The number of amides is 2. The van der Waals surface area contributed by atoms with Crippen LogP contribution >= 0.6 is 0 Å². The molecule has 6 nitrogen and oxygen atoms in total. The minimum absolute atomic E-state index is 0.00729. The fourth-order valence-electron chi connectivity index (χ4n) is 5.53. The summed E-state index contributed by atoms with van der Waals surface area (Å²) in [6.45, 7) is 8.62. The van der Waals surface area contributed by atoms with E-state index in [0.717, 1.165) is 43.0 Å². The summed E-state index contributed by atoms with van der Waals surface area (Å²) in [6, 6.07) is 4.86. The van der Waals surface area contributed by atoms with Gasteiger partial charge in [-0.3, -0.25) is 4.90 Å². The molecule has 1 aliphatic carbocycles. The van der Waals surface area contributed by atoms with Crippen LogP contribution in [0, 0.1) is 12.8 Å². The lowest BCUT2D eigenvalue weighted by Gasteiger charge is -2.58. The van der Waals surface area contributed by atoms with E-state index in [0.29, 0.717) is 19.4 Å². The second-order valence-electron chi connectivity index (χ2n) is 9.16. The Kier molecular flexibility index (Phi) is 6.44. The SMILES string of the molecule is CCCC1(O)C(C)N(CC2CC2)CCC1(CCNC(N)=O)c1cc(O)ccc1C. The van der Waals surface area contributed by atoms with Crippen LogP contribution in [0.2, 0.25) is 0 Å². The molecule has 6 heteroatoms. The average Bonchev–Trinajstić information content (AvgIpc) is 3.48. The quantitative estimate of drug-likeness (QED) is 0.536. The number of carbonyl (C=O) groups excluding carboxylic acids is 1. The molecule has 29 heavy (non-hydrogen) atoms. The van der Waals surface area contributed by atoms with Crippen molar-refractivity contribution in [2.45, 2.75) is 76.4 Å². The molecule has 1 heterocycles. The van der Waals surface area contributed by atoms with Crippen molar-refractivity contribution in [1.82, 2.24) is 10.2 Å². The number of aliphatic hydroxyl groups is 1. The molecule has 5 N–H and O–H groups in total. The summed E-state index contributed by atoms with van der Waals surface area (Å²) in [5.41, 5.74) is 5.83. The van der Waals surface area contributed by atoms with Gasteiger partial charge in [-0.2, -0.15) is 0 Å². The van der Waals surface area contributed by atoms with Crippen molar-refractivity contribution in [3.8, 4) is 5.75 Å². The lowest BCUT2D eigenvalue weighted by atomic mass is 9.56. The molecule has 162 valence electrons. The highest BCUT2D eigenvalue weighted by molar-refractivity contribution is 5.71. The van der Waals surface area contributed by atoms with Crippen LogP contribution in [0.3, 0.4) is 0 Å². The van der Waals surface area contributed by atoms with Crippen molar-refractivity contribution in [2.24, 2.45) is 11.7 Å². The van der Waals surface area contributed by atoms with E-state index in [1.165, 1.54) is 12.8 Å². The summed E-state index contributed by atoms with van der Waals surface area (Å²) in [7, 11) is 0. The normalized spacial score (nSPS) is 30.3. The Bertz CT molecular complexity index is 736. The number of phenols is 1. The lowest BCUT2D eigenvalue weighted by molar-refractivity contribution is -0.142. The third-order valence-corrected chi connectivity index (χ3v) is 7.30. The van der Waals surface area contributed by atoms with Crippen LogP contribution in [0.4, 0.5) is 4.79 Å². The van der Waals surface area contributed by atoms with Crippen LogP contribution in [0.1, 0.15) is 63.5 Å². The molecule has 0 spiro atoms. The molecule has 1 aliphatic heterocycles. The van der Waals surface area contributed by atoms with Crippen LogP contribution in [0.15, 0.2) is 18.2 Å². The van der Waals surface area contributed by atoms with E-state index >= 15 is 0 Å². The molecule has 3 unspecified atom stereocenters. The van der Waals surface area contributed by atoms with Gasteiger partial charge in [-0.25, -0.2) is 4.79 Å². The van der Waals surface area contributed by atoms with Crippen LogP contribution in [-0.2, 0) is 5.41 Å². The molecule has 1 saturated carbocycles. The third kappa shape index (κ3) is 4.24. The van der Waals surface area contributed by atoms with Gasteiger partial charge in [0.25, 0.3) is 0 Å². The number of rotatable bonds is 8. The minimum Gasteiger partial charge on any atom is -0.508 e. The van der Waals surface area contributed by atoms with Gasteiger partial charge in [-0.1, -0.05) is 19.4 Å². The lowest BCUT2D eigenvalue weighted by Crippen LogP contribution is -2.68. The monoisotopic (exact) mass is 403 g/mol. The van der Waals surface area contributed by atoms with Crippen LogP contribution in [-0.4, -0.2) is 52.4 Å². The van der Waals surface area contributed by atoms with E-state index in [9.17, 15) is 15.0 Å². The smallest absolute Gasteiger partial charge is 0.312 e. The predicted octanol–water partition coefficient (Wildman–Crippen LogP) is 3.03. The van der Waals surface area contributed by atoms with Crippen LogP contribution in [0.5, 0.6) is 5.75 Å². The van der Waals surface area contributed by atoms with Crippen molar-refractivity contribution in [3.63, 3.8) is 0 Å². The zero-order valence-corrected chi connectivity index (χ0v) is 18.1. The number of hydrogen-bond acceptors (Lipinski definition) is 4. The fourth-order valence-corrected chi connectivity index (χ4v) is 5.53. The molecule has 2 amide bonds. The number of likely N-dealkylation sites (tertiary alicyclic amines) is 1. The number of benzene rings is 1. The number of aromatic hydroxyl groups is 1. The summed E-state index contributed by atoms with van der Waals surface area (Å²) in [5.74, 6) is 0.967. The summed E-state index contributed by atoms with van der Waals surface area (Å²) < 4.78 is 0. The largest absolute Gasteiger partial charge is 0.508 e. The second kappa shape index (κ2) is 8.52. The van der Waals surface area contributed by atoms with Gasteiger partial charge >= 0.3 is 6.03 Å². The maximum absolute atomic E-state index is 12.3. The number of aryl methyl sites for hydroxylation is 1. The standard InChI is InChI=1S/C23H37N3O3/c1-4-9-23(29)17(3)26(15-18-6-7-18)13-11-22(23,10-12-25-21(24)28)20-14-19(27)8-5-16(20)2/h5,8,14,17-18,27,29H,4,6-7,9-13,15H2,1-3H3,(H3,24,25,28). The predicted molar refractivity (Wildman–Crippen MR) is 115 cm³/mol. The average molecular weight is 404 g/mol. The van der Waals surface area contributed by atoms with E-state index in [1.807, 2.05) is 19.1 Å². The molecule has 3 atom stereocenters. The Hall–Kier alpha value is -1.79. The number of phenolic OH excluding ortho intramolecular Hbond substituents is 1. The summed E-state index contributed by atoms with van der Waals surface area (Å²) in [6.07, 6.45) is 5.47. The second-order valence-corrected chi connectivity index (χ2v) is 9.16. The summed E-state index contributed by atoms with van der Waals surface area (Å²) in [5, 5.41) is 25.3. The Morgan fingerprint density at radius 2 is 2.07 bits per heavy atom. The molecule has 1 aromatic rings. The number of nitrogens with two attached hydrogens (primary N) is 1. The fraction of sp³-hybridized carbons (Fsp3) is 0.696. The Morgan fingerprint density at radius 1 is 1.34 bits per heavy atom. The first-order valence-electron chi connectivity index (χ1n) is 11.0. The van der Waals surface area contributed by atoms with Crippen molar-refractivity contribution < 1.29 is 15.0 Å². The van der Waals surface area contributed by atoms with E-state index in [-0.39, 0.29) is 11.8 Å². The topological polar surface area (TPSA) is 98.8 Å². The van der Waals surface area contributed by atoms with Crippen molar-refractivity contribution in [2.75, 3.05) is 19.6 Å². The van der Waals surface area contributed by atoms with Gasteiger partial charge in [0, 0.05) is 24.5 Å². The maximum Gasteiger partial charge on any atom is 0.312 e. The highest BCUT2D eigenvalue weighted by Gasteiger charge is 2.58. The highest BCUT2D eigenvalue weighted by atomic mass is 16.3. The first-order valence-corrected chi connectivity index (χ1v) is 11.0. The molecule has 0 aromatic heterocycles. The van der Waals surface area contributed by atoms with Crippen molar-refractivity contribution >= 4 is 6.03 Å². The molecule has 2 fully saturated rings. The van der Waals surface area contributed by atoms with Crippen LogP contribution < -0.4 is 11.1 Å². The number of nitrogens with zero attached hydrogens (tertiary/aromatic N) is 1. The number of nitrogens with one attached hydrogen (secondary N) is 1. The molecule has 2 aliphatic rings. The number of carbonyl (C=O) groups is 1. The van der Waals surface area contributed by atoms with Gasteiger partial charge < -0.3 is 21.3 Å². The Labute approximate surface area is 174 Å². The Balaban J connectivity index is 2.05. The number of piperidine rings is 1. The molecule has 1 saturated heterocycles. The summed E-state index contributed by atoms with van der Waals surface area (Å²) >= 11 is 0. The number of primary amides is 1. The molecule has 3 rings (SSSR count). The highest BCUT2D eigenvalue weighted by Crippen LogP contribution is 2.52. The van der Waals surface area contributed by atoms with Gasteiger partial charge in [0.05, 0.1) is 5.60 Å². The van der Waals surface area contributed by atoms with E-state index in [1.54, 1.807) is 6.07 Å². The van der Waals surface area contributed by atoms with E-state index in [4.69, 9.17) is 5.73 Å². The first-order chi connectivity index (χ1) is 13.7. The number of hydrogen-bond donors (Lipinski definition) is 4. The minimum atomic E-state index is -0.966. The summed E-state index contributed by atoms with van der Waals surface area (Å²) in [4.78, 5) is 13.8. The van der Waals surface area contributed by atoms with Gasteiger partial charge in [0.1, 0.15) is 5.75 Å². The molecular formula is C23H37N3O3.